The van der Waals surface area contributed by atoms with Crippen LogP contribution in [0.25, 0.3) is 11.4 Å². The normalized spacial score (nSPS) is 10.4. The molecule has 0 saturated carbocycles. The molecule has 1 amide bonds. The first-order chi connectivity index (χ1) is 12.6. The molecule has 3 aromatic rings. The highest BCUT2D eigenvalue weighted by atomic mass is 16.5. The molecule has 2 aromatic heterocycles. The summed E-state index contributed by atoms with van der Waals surface area (Å²) in [4.78, 5) is 18.5. The lowest BCUT2D eigenvalue weighted by atomic mass is 10.1. The number of hydrogen-bond acceptors (Lipinski definition) is 7. The zero-order valence-electron chi connectivity index (χ0n) is 14.6. The van der Waals surface area contributed by atoms with Gasteiger partial charge in [-0.3, -0.25) is 4.79 Å². The number of benzene rings is 1. The SMILES string of the molecule is COc1ccc(C(=O)N(C)Cc2cccc(-c3nn[nH]n3)c2)c(OC)n1. The van der Waals surface area contributed by atoms with Crippen molar-refractivity contribution in [1.29, 1.82) is 0 Å². The van der Waals surface area contributed by atoms with Crippen molar-refractivity contribution < 1.29 is 14.3 Å². The summed E-state index contributed by atoms with van der Waals surface area (Å²) in [6.07, 6.45) is 0. The van der Waals surface area contributed by atoms with Gasteiger partial charge in [-0.2, -0.15) is 10.2 Å². The average molecular weight is 354 g/mol. The number of H-pyrrole nitrogens is 1. The van der Waals surface area contributed by atoms with Gasteiger partial charge in [0.05, 0.1) is 14.2 Å². The number of carbonyl (C=O) groups excluding carboxylic acids is 1. The zero-order chi connectivity index (χ0) is 18.5. The van der Waals surface area contributed by atoms with E-state index in [0.29, 0.717) is 23.8 Å². The first kappa shape index (κ1) is 17.3. The van der Waals surface area contributed by atoms with Gasteiger partial charge in [-0.1, -0.05) is 18.2 Å². The van der Waals surface area contributed by atoms with Crippen molar-refractivity contribution in [3.05, 3.63) is 47.5 Å². The number of carbonyl (C=O) groups is 1. The number of amides is 1. The lowest BCUT2D eigenvalue weighted by Crippen LogP contribution is -2.26. The van der Waals surface area contributed by atoms with Crippen LogP contribution in [0.2, 0.25) is 0 Å². The van der Waals surface area contributed by atoms with E-state index in [9.17, 15) is 4.79 Å². The number of methoxy groups -OCH3 is 2. The Morgan fingerprint density at radius 1 is 1.19 bits per heavy atom. The Kier molecular flexibility index (Phi) is 5.07. The van der Waals surface area contributed by atoms with Crippen LogP contribution in [0.3, 0.4) is 0 Å². The van der Waals surface area contributed by atoms with E-state index in [-0.39, 0.29) is 11.8 Å². The Morgan fingerprint density at radius 2 is 2.04 bits per heavy atom. The second-order valence-electron chi connectivity index (χ2n) is 5.51. The second-order valence-corrected chi connectivity index (χ2v) is 5.51. The summed E-state index contributed by atoms with van der Waals surface area (Å²) in [6.45, 7) is 0.402. The van der Waals surface area contributed by atoms with Crippen LogP contribution in [-0.4, -0.2) is 57.7 Å². The quantitative estimate of drug-likeness (QED) is 0.716. The Balaban J connectivity index is 1.79. The first-order valence-corrected chi connectivity index (χ1v) is 7.79. The molecule has 9 nitrogen and oxygen atoms in total. The van der Waals surface area contributed by atoms with Gasteiger partial charge in [0.15, 0.2) is 0 Å². The van der Waals surface area contributed by atoms with E-state index in [0.717, 1.165) is 11.1 Å². The maximum absolute atomic E-state index is 12.8. The summed E-state index contributed by atoms with van der Waals surface area (Å²) < 4.78 is 10.3. The summed E-state index contributed by atoms with van der Waals surface area (Å²) >= 11 is 0. The van der Waals surface area contributed by atoms with Crippen LogP contribution in [-0.2, 0) is 6.54 Å². The van der Waals surface area contributed by atoms with Crippen molar-refractivity contribution in [2.75, 3.05) is 21.3 Å². The van der Waals surface area contributed by atoms with Gasteiger partial charge >= 0.3 is 0 Å². The smallest absolute Gasteiger partial charge is 0.259 e. The molecule has 0 bridgehead atoms. The molecular weight excluding hydrogens is 336 g/mol. The zero-order valence-corrected chi connectivity index (χ0v) is 14.6. The maximum Gasteiger partial charge on any atom is 0.259 e. The summed E-state index contributed by atoms with van der Waals surface area (Å²) in [7, 11) is 4.69. The Bertz CT molecular complexity index is 897. The molecule has 1 N–H and O–H groups in total. The second kappa shape index (κ2) is 7.60. The number of aromatic nitrogens is 5. The summed E-state index contributed by atoms with van der Waals surface area (Å²) in [5.74, 6) is 0.902. The highest BCUT2D eigenvalue weighted by Gasteiger charge is 2.19. The molecule has 3 rings (SSSR count). The molecule has 26 heavy (non-hydrogen) atoms. The third-order valence-corrected chi connectivity index (χ3v) is 3.76. The summed E-state index contributed by atoms with van der Waals surface area (Å²) in [5.41, 5.74) is 2.12. The lowest BCUT2D eigenvalue weighted by Gasteiger charge is -2.19. The van der Waals surface area contributed by atoms with E-state index >= 15 is 0 Å². The van der Waals surface area contributed by atoms with Crippen molar-refractivity contribution in [2.45, 2.75) is 6.54 Å². The molecule has 0 saturated heterocycles. The van der Waals surface area contributed by atoms with E-state index in [1.165, 1.54) is 14.2 Å². The first-order valence-electron chi connectivity index (χ1n) is 7.79. The van der Waals surface area contributed by atoms with Crippen LogP contribution in [0.4, 0.5) is 0 Å². The van der Waals surface area contributed by atoms with Gasteiger partial charge in [-0.15, -0.1) is 10.2 Å². The average Bonchev–Trinajstić information content (AvgIpc) is 3.22. The molecule has 0 aliphatic rings. The van der Waals surface area contributed by atoms with Gasteiger partial charge < -0.3 is 14.4 Å². The molecule has 9 heteroatoms. The molecule has 0 spiro atoms. The summed E-state index contributed by atoms with van der Waals surface area (Å²) in [5, 5.41) is 13.9. The van der Waals surface area contributed by atoms with Gasteiger partial charge in [0.1, 0.15) is 5.56 Å². The number of rotatable bonds is 6. The molecule has 0 radical (unpaired) electrons. The van der Waals surface area contributed by atoms with Crippen LogP contribution < -0.4 is 9.47 Å². The van der Waals surface area contributed by atoms with E-state index in [1.54, 1.807) is 24.1 Å². The maximum atomic E-state index is 12.8. The minimum atomic E-state index is -0.207. The molecular formula is C17H18N6O3. The Morgan fingerprint density at radius 3 is 2.73 bits per heavy atom. The van der Waals surface area contributed by atoms with Crippen LogP contribution in [0.15, 0.2) is 36.4 Å². The lowest BCUT2D eigenvalue weighted by molar-refractivity contribution is 0.0780. The predicted molar refractivity (Wildman–Crippen MR) is 92.8 cm³/mol. The number of hydrogen-bond donors (Lipinski definition) is 1. The fraction of sp³-hybridized carbons (Fsp3) is 0.235. The highest BCUT2D eigenvalue weighted by Crippen LogP contribution is 2.22. The van der Waals surface area contributed by atoms with Crippen molar-refractivity contribution in [3.8, 4) is 23.1 Å². The molecule has 0 unspecified atom stereocenters. The summed E-state index contributed by atoms with van der Waals surface area (Å²) in [6, 6.07) is 10.9. The fourth-order valence-corrected chi connectivity index (χ4v) is 2.50. The number of ether oxygens (including phenoxy) is 2. The predicted octanol–water partition coefficient (Wildman–Crippen LogP) is 1.55. The van der Waals surface area contributed by atoms with Crippen molar-refractivity contribution in [1.82, 2.24) is 30.5 Å². The third-order valence-electron chi connectivity index (χ3n) is 3.76. The monoisotopic (exact) mass is 354 g/mol. The third kappa shape index (κ3) is 3.61. The number of nitrogens with zero attached hydrogens (tertiary/aromatic N) is 5. The van der Waals surface area contributed by atoms with Crippen LogP contribution >= 0.6 is 0 Å². The van der Waals surface area contributed by atoms with Crippen LogP contribution in [0.1, 0.15) is 15.9 Å². The minimum Gasteiger partial charge on any atom is -0.481 e. The topological polar surface area (TPSA) is 106 Å². The molecule has 0 aliphatic carbocycles. The molecule has 1 aromatic carbocycles. The highest BCUT2D eigenvalue weighted by molar-refractivity contribution is 5.96. The standard InChI is InChI=1S/C17H18N6O3/c1-23(17(24)13-7-8-14(25-2)18-16(13)26-3)10-11-5-4-6-12(9-11)15-19-21-22-20-15/h4-9H,10H2,1-3H3,(H,19,20,21,22). The van der Waals surface area contributed by atoms with E-state index in [1.807, 2.05) is 24.3 Å². The largest absolute Gasteiger partial charge is 0.481 e. The minimum absolute atomic E-state index is 0.207. The number of tetrazole rings is 1. The molecule has 0 aliphatic heterocycles. The van der Waals surface area contributed by atoms with Gasteiger partial charge in [0.2, 0.25) is 17.6 Å². The fourth-order valence-electron chi connectivity index (χ4n) is 2.50. The Labute approximate surface area is 150 Å². The van der Waals surface area contributed by atoms with Crippen molar-refractivity contribution >= 4 is 5.91 Å². The van der Waals surface area contributed by atoms with Crippen LogP contribution in [0, 0.1) is 0 Å². The van der Waals surface area contributed by atoms with Crippen LogP contribution in [0.5, 0.6) is 11.8 Å². The van der Waals surface area contributed by atoms with E-state index in [2.05, 4.69) is 25.6 Å². The number of nitrogens with one attached hydrogen (secondary N) is 1. The van der Waals surface area contributed by atoms with E-state index in [4.69, 9.17) is 9.47 Å². The molecule has 0 fully saturated rings. The van der Waals surface area contributed by atoms with Gasteiger partial charge in [0, 0.05) is 25.2 Å². The molecule has 2 heterocycles. The van der Waals surface area contributed by atoms with Gasteiger partial charge in [-0.25, -0.2) is 0 Å². The van der Waals surface area contributed by atoms with Gasteiger partial charge in [-0.05, 0) is 22.9 Å². The van der Waals surface area contributed by atoms with E-state index < -0.39 is 0 Å². The van der Waals surface area contributed by atoms with Gasteiger partial charge in [0.25, 0.3) is 5.91 Å². The molecule has 134 valence electrons. The molecule has 0 atom stereocenters. The van der Waals surface area contributed by atoms with Crippen molar-refractivity contribution in [2.24, 2.45) is 0 Å². The number of pyridine rings is 1. The van der Waals surface area contributed by atoms with Crippen molar-refractivity contribution in [3.63, 3.8) is 0 Å². The number of aromatic amines is 1. The Hall–Kier alpha value is -3.49.